The number of aryl methyl sites for hydroxylation is 1. The molecule has 186 valence electrons. The lowest BCUT2D eigenvalue weighted by Crippen LogP contribution is -2.47. The van der Waals surface area contributed by atoms with E-state index in [1.807, 2.05) is 17.9 Å². The van der Waals surface area contributed by atoms with Crippen molar-refractivity contribution in [1.29, 1.82) is 0 Å². The van der Waals surface area contributed by atoms with Gasteiger partial charge in [-0.25, -0.2) is 14.8 Å². The molecule has 0 aliphatic carbocycles. The lowest BCUT2D eigenvalue weighted by atomic mass is 9.95. The lowest BCUT2D eigenvalue weighted by Gasteiger charge is -2.35. The first-order chi connectivity index (χ1) is 15.7. The topological polar surface area (TPSA) is 87.1 Å². The van der Waals surface area contributed by atoms with Crippen LogP contribution in [0.4, 0.5) is 19.0 Å². The van der Waals surface area contributed by atoms with E-state index < -0.39 is 23.0 Å². The standard InChI is InChI=1S/C23H31F3N6O2/c1-15(13-32-14-16(2)19(33)29-21(32)34)6-7-30-8-10-31(11-9-30)18-12-17(23(24,25)26)27-20(28-18)22(3,4)5/h6,12,14H,7-11,13H2,1-5H3,(H,29,33,34)/b15-6+. The fourth-order valence-electron chi connectivity index (χ4n) is 3.59. The van der Waals surface area contributed by atoms with Crippen LogP contribution < -0.4 is 16.1 Å². The predicted octanol–water partition coefficient (Wildman–Crippen LogP) is 2.72. The van der Waals surface area contributed by atoms with Crippen LogP contribution in [-0.2, 0) is 18.1 Å². The minimum atomic E-state index is -4.53. The SMILES string of the molecule is C/C(=C\CN1CCN(c2cc(C(F)(F)F)nc(C(C)(C)C)n2)CC1)Cn1cc(C)c(=O)[nH]c1=O. The van der Waals surface area contributed by atoms with E-state index in [0.29, 0.717) is 50.6 Å². The Morgan fingerprint density at radius 2 is 1.76 bits per heavy atom. The van der Waals surface area contributed by atoms with Gasteiger partial charge in [0.15, 0.2) is 0 Å². The third-order valence-corrected chi connectivity index (χ3v) is 5.68. The number of alkyl halides is 3. The second kappa shape index (κ2) is 9.73. The van der Waals surface area contributed by atoms with E-state index in [-0.39, 0.29) is 11.4 Å². The highest BCUT2D eigenvalue weighted by Gasteiger charge is 2.35. The van der Waals surface area contributed by atoms with E-state index in [1.165, 1.54) is 4.57 Å². The monoisotopic (exact) mass is 480 g/mol. The summed E-state index contributed by atoms with van der Waals surface area (Å²) < 4.78 is 41.7. The first kappa shape index (κ1) is 25.7. The van der Waals surface area contributed by atoms with Crippen LogP contribution in [0.5, 0.6) is 0 Å². The summed E-state index contributed by atoms with van der Waals surface area (Å²) in [6, 6.07) is 1.03. The van der Waals surface area contributed by atoms with Crippen molar-refractivity contribution in [2.75, 3.05) is 37.6 Å². The average Bonchev–Trinajstić information content (AvgIpc) is 2.75. The fraction of sp³-hybridized carbons (Fsp3) is 0.565. The Bertz CT molecular complexity index is 1140. The Kier molecular flexibility index (Phi) is 7.35. The van der Waals surface area contributed by atoms with Crippen molar-refractivity contribution >= 4 is 5.82 Å². The highest BCUT2D eigenvalue weighted by atomic mass is 19.4. The van der Waals surface area contributed by atoms with E-state index >= 15 is 0 Å². The number of aromatic nitrogens is 4. The smallest absolute Gasteiger partial charge is 0.354 e. The van der Waals surface area contributed by atoms with Crippen LogP contribution >= 0.6 is 0 Å². The highest BCUT2D eigenvalue weighted by Crippen LogP contribution is 2.32. The number of nitrogens with one attached hydrogen (secondary N) is 1. The molecule has 0 bridgehead atoms. The first-order valence-electron chi connectivity index (χ1n) is 11.1. The minimum Gasteiger partial charge on any atom is -0.354 e. The molecular weight excluding hydrogens is 449 g/mol. The summed E-state index contributed by atoms with van der Waals surface area (Å²) in [5.41, 5.74) is -0.924. The zero-order valence-electron chi connectivity index (χ0n) is 20.2. The molecule has 1 aliphatic heterocycles. The molecule has 0 saturated carbocycles. The molecule has 1 N–H and O–H groups in total. The molecule has 34 heavy (non-hydrogen) atoms. The molecule has 0 unspecified atom stereocenters. The molecule has 8 nitrogen and oxygen atoms in total. The van der Waals surface area contributed by atoms with Crippen molar-refractivity contribution in [2.24, 2.45) is 0 Å². The Hall–Kier alpha value is -2.95. The van der Waals surface area contributed by atoms with Gasteiger partial charge in [0.05, 0.1) is 0 Å². The Morgan fingerprint density at radius 3 is 2.35 bits per heavy atom. The summed E-state index contributed by atoms with van der Waals surface area (Å²) in [4.78, 5) is 38.0. The van der Waals surface area contributed by atoms with E-state index in [9.17, 15) is 22.8 Å². The molecule has 2 aromatic rings. The highest BCUT2D eigenvalue weighted by molar-refractivity contribution is 5.42. The number of hydrogen-bond acceptors (Lipinski definition) is 6. The van der Waals surface area contributed by atoms with Gasteiger partial charge < -0.3 is 4.90 Å². The summed E-state index contributed by atoms with van der Waals surface area (Å²) in [7, 11) is 0. The van der Waals surface area contributed by atoms with Gasteiger partial charge in [0.1, 0.15) is 17.3 Å². The maximum absolute atomic E-state index is 13.4. The van der Waals surface area contributed by atoms with Crippen molar-refractivity contribution in [2.45, 2.75) is 52.8 Å². The first-order valence-corrected chi connectivity index (χ1v) is 11.1. The predicted molar refractivity (Wildman–Crippen MR) is 124 cm³/mol. The van der Waals surface area contributed by atoms with Gasteiger partial charge in [0, 0.05) is 62.5 Å². The van der Waals surface area contributed by atoms with Gasteiger partial charge in [-0.1, -0.05) is 32.4 Å². The van der Waals surface area contributed by atoms with E-state index in [2.05, 4.69) is 19.9 Å². The van der Waals surface area contributed by atoms with E-state index in [4.69, 9.17) is 0 Å². The van der Waals surface area contributed by atoms with Crippen LogP contribution in [0.25, 0.3) is 0 Å². The molecule has 1 aliphatic rings. The van der Waals surface area contributed by atoms with Gasteiger partial charge in [-0.2, -0.15) is 13.2 Å². The number of hydrogen-bond donors (Lipinski definition) is 1. The molecule has 0 spiro atoms. The summed E-state index contributed by atoms with van der Waals surface area (Å²) in [5.74, 6) is 0.470. The third-order valence-electron chi connectivity index (χ3n) is 5.68. The number of rotatable bonds is 5. The molecule has 3 rings (SSSR count). The fourth-order valence-corrected chi connectivity index (χ4v) is 3.59. The molecule has 0 radical (unpaired) electrons. The largest absolute Gasteiger partial charge is 0.433 e. The summed E-state index contributed by atoms with van der Waals surface area (Å²) in [6.45, 7) is 12.4. The second-order valence-electron chi connectivity index (χ2n) is 9.72. The number of nitrogens with zero attached hydrogens (tertiary/aromatic N) is 5. The summed E-state index contributed by atoms with van der Waals surface area (Å²) in [6.07, 6.45) is -0.971. The van der Waals surface area contributed by atoms with Crippen LogP contribution in [0.1, 0.15) is 44.8 Å². The lowest BCUT2D eigenvalue weighted by molar-refractivity contribution is -0.141. The van der Waals surface area contributed by atoms with Gasteiger partial charge in [-0.05, 0) is 13.8 Å². The van der Waals surface area contributed by atoms with Crippen LogP contribution in [0, 0.1) is 6.92 Å². The maximum Gasteiger partial charge on any atom is 0.433 e. The Morgan fingerprint density at radius 1 is 1.12 bits per heavy atom. The molecule has 2 aromatic heterocycles. The Balaban J connectivity index is 1.65. The van der Waals surface area contributed by atoms with Crippen molar-refractivity contribution in [3.8, 4) is 0 Å². The number of aromatic amines is 1. The number of H-pyrrole nitrogens is 1. The van der Waals surface area contributed by atoms with Crippen molar-refractivity contribution < 1.29 is 13.2 Å². The van der Waals surface area contributed by atoms with Crippen LogP contribution in [0.3, 0.4) is 0 Å². The molecular formula is C23H31F3N6O2. The van der Waals surface area contributed by atoms with Gasteiger partial charge in [-0.15, -0.1) is 0 Å². The van der Waals surface area contributed by atoms with Gasteiger partial charge in [0.2, 0.25) is 0 Å². The van der Waals surface area contributed by atoms with Gasteiger partial charge in [-0.3, -0.25) is 19.2 Å². The Labute approximate surface area is 196 Å². The van der Waals surface area contributed by atoms with E-state index in [0.717, 1.165) is 11.6 Å². The zero-order chi connectivity index (χ0) is 25.3. The summed E-state index contributed by atoms with van der Waals surface area (Å²) in [5, 5.41) is 0. The molecule has 3 heterocycles. The number of allylic oxidation sites excluding steroid dienone is 1. The van der Waals surface area contributed by atoms with E-state index in [1.54, 1.807) is 33.9 Å². The number of halogens is 3. The molecule has 0 atom stereocenters. The molecule has 0 aromatic carbocycles. The third kappa shape index (κ3) is 6.34. The maximum atomic E-state index is 13.4. The summed E-state index contributed by atoms with van der Waals surface area (Å²) >= 11 is 0. The van der Waals surface area contributed by atoms with Crippen molar-refractivity contribution in [1.82, 2.24) is 24.4 Å². The van der Waals surface area contributed by atoms with Crippen LogP contribution in [0.2, 0.25) is 0 Å². The second-order valence-corrected chi connectivity index (χ2v) is 9.72. The quantitative estimate of drug-likeness (QED) is 0.663. The van der Waals surface area contributed by atoms with Crippen molar-refractivity contribution in [3.05, 3.63) is 61.8 Å². The normalized spacial score (nSPS) is 16.2. The molecule has 0 amide bonds. The minimum absolute atomic E-state index is 0.172. The zero-order valence-corrected chi connectivity index (χ0v) is 20.2. The van der Waals surface area contributed by atoms with Crippen LogP contribution in [-0.4, -0.2) is 57.1 Å². The van der Waals surface area contributed by atoms with Crippen LogP contribution in [0.15, 0.2) is 33.5 Å². The molecule has 1 saturated heterocycles. The van der Waals surface area contributed by atoms with Crippen molar-refractivity contribution in [3.63, 3.8) is 0 Å². The number of anilines is 1. The average molecular weight is 481 g/mol. The number of piperazine rings is 1. The molecule has 1 fully saturated rings. The molecule has 11 heteroatoms. The van der Waals surface area contributed by atoms with Gasteiger partial charge >= 0.3 is 11.9 Å². The van der Waals surface area contributed by atoms with Gasteiger partial charge in [0.25, 0.3) is 5.56 Å².